The molecule has 0 amide bonds. The minimum atomic E-state index is -0.416. The van der Waals surface area contributed by atoms with E-state index >= 15 is 0 Å². The zero-order chi connectivity index (χ0) is 16.9. The van der Waals surface area contributed by atoms with Crippen LogP contribution in [-0.2, 0) is 0 Å². The van der Waals surface area contributed by atoms with E-state index in [9.17, 15) is 4.79 Å². The second-order valence-electron chi connectivity index (χ2n) is 5.33. The third kappa shape index (κ3) is 3.43. The maximum absolute atomic E-state index is 12.4. The van der Waals surface area contributed by atoms with Gasteiger partial charge in [0.2, 0.25) is 0 Å². The van der Waals surface area contributed by atoms with Crippen molar-refractivity contribution >= 4 is 5.97 Å². The highest BCUT2D eigenvalue weighted by molar-refractivity contribution is 5.92. The van der Waals surface area contributed by atoms with Crippen molar-refractivity contribution in [2.24, 2.45) is 0 Å². The van der Waals surface area contributed by atoms with Gasteiger partial charge in [0.05, 0.1) is 18.4 Å². The summed E-state index contributed by atoms with van der Waals surface area (Å²) in [6.45, 7) is 1.95. The third-order valence-corrected chi connectivity index (χ3v) is 3.61. The van der Waals surface area contributed by atoms with Crippen molar-refractivity contribution in [2.45, 2.75) is 6.92 Å². The average Bonchev–Trinajstić information content (AvgIpc) is 2.62. The van der Waals surface area contributed by atoms with Gasteiger partial charge in [-0.2, -0.15) is 0 Å². The average molecular weight is 319 g/mol. The van der Waals surface area contributed by atoms with Crippen LogP contribution < -0.4 is 9.47 Å². The molecule has 0 atom stereocenters. The van der Waals surface area contributed by atoms with Crippen LogP contribution in [0.15, 0.2) is 66.9 Å². The minimum absolute atomic E-state index is 0.416. The number of hydrogen-bond acceptors (Lipinski definition) is 4. The molecule has 0 radical (unpaired) electrons. The van der Waals surface area contributed by atoms with Crippen LogP contribution in [0.3, 0.4) is 0 Å². The standard InChI is InChI=1S/C20H17NO3/c1-14-6-11-17(18-5-3-4-12-21-18)19(13-14)24-20(22)15-7-9-16(23-2)10-8-15/h3-13H,1-2H3. The molecule has 0 aliphatic rings. The van der Waals surface area contributed by atoms with Crippen molar-refractivity contribution in [3.8, 4) is 22.8 Å². The number of methoxy groups -OCH3 is 1. The second-order valence-corrected chi connectivity index (χ2v) is 5.33. The number of rotatable bonds is 4. The van der Waals surface area contributed by atoms with E-state index in [1.165, 1.54) is 0 Å². The Morgan fingerprint density at radius 3 is 2.46 bits per heavy atom. The van der Waals surface area contributed by atoms with Gasteiger partial charge in [-0.05, 0) is 61.0 Å². The van der Waals surface area contributed by atoms with Gasteiger partial charge in [-0.25, -0.2) is 4.79 Å². The molecule has 1 heterocycles. The zero-order valence-electron chi connectivity index (χ0n) is 13.5. The van der Waals surface area contributed by atoms with Gasteiger partial charge in [0.1, 0.15) is 11.5 Å². The van der Waals surface area contributed by atoms with Crippen LogP contribution in [0.4, 0.5) is 0 Å². The number of aryl methyl sites for hydroxylation is 1. The summed E-state index contributed by atoms with van der Waals surface area (Å²) in [5.41, 5.74) is 3.01. The van der Waals surface area contributed by atoms with Gasteiger partial charge < -0.3 is 9.47 Å². The van der Waals surface area contributed by atoms with Crippen molar-refractivity contribution in [1.29, 1.82) is 0 Å². The molecule has 120 valence electrons. The summed E-state index contributed by atoms with van der Waals surface area (Å²) < 4.78 is 10.7. The fraction of sp³-hybridized carbons (Fsp3) is 0.100. The lowest BCUT2D eigenvalue weighted by Gasteiger charge is -2.11. The Hall–Kier alpha value is -3.14. The molecule has 0 bridgehead atoms. The Bertz CT molecular complexity index is 843. The number of esters is 1. The Morgan fingerprint density at radius 2 is 1.79 bits per heavy atom. The molecule has 0 fully saturated rings. The van der Waals surface area contributed by atoms with E-state index in [1.807, 2.05) is 43.3 Å². The van der Waals surface area contributed by atoms with Crippen molar-refractivity contribution < 1.29 is 14.3 Å². The maximum atomic E-state index is 12.4. The van der Waals surface area contributed by atoms with Gasteiger partial charge in [0, 0.05) is 11.8 Å². The number of pyridine rings is 1. The van der Waals surface area contributed by atoms with Crippen molar-refractivity contribution in [2.75, 3.05) is 7.11 Å². The quantitative estimate of drug-likeness (QED) is 0.532. The number of hydrogen-bond donors (Lipinski definition) is 0. The van der Waals surface area contributed by atoms with E-state index in [-0.39, 0.29) is 0 Å². The molecule has 0 saturated carbocycles. The molecule has 0 spiro atoms. The smallest absolute Gasteiger partial charge is 0.343 e. The van der Waals surface area contributed by atoms with Gasteiger partial charge in [-0.15, -0.1) is 0 Å². The molecule has 1 aromatic heterocycles. The largest absolute Gasteiger partial charge is 0.497 e. The third-order valence-electron chi connectivity index (χ3n) is 3.61. The summed E-state index contributed by atoms with van der Waals surface area (Å²) in [4.78, 5) is 16.8. The lowest BCUT2D eigenvalue weighted by molar-refractivity contribution is 0.0735. The Morgan fingerprint density at radius 1 is 1.00 bits per heavy atom. The Kier molecular flexibility index (Phi) is 4.57. The monoisotopic (exact) mass is 319 g/mol. The van der Waals surface area contributed by atoms with Crippen molar-refractivity contribution in [3.63, 3.8) is 0 Å². The van der Waals surface area contributed by atoms with Gasteiger partial charge in [0.15, 0.2) is 0 Å². The zero-order valence-corrected chi connectivity index (χ0v) is 13.5. The van der Waals surface area contributed by atoms with Crippen LogP contribution >= 0.6 is 0 Å². The molecular formula is C20H17NO3. The lowest BCUT2D eigenvalue weighted by atomic mass is 10.1. The molecule has 0 aliphatic carbocycles. The molecule has 3 rings (SSSR count). The molecule has 0 saturated heterocycles. The van der Waals surface area contributed by atoms with Gasteiger partial charge in [0.25, 0.3) is 0 Å². The molecule has 24 heavy (non-hydrogen) atoms. The molecule has 0 unspecified atom stereocenters. The van der Waals surface area contributed by atoms with Crippen LogP contribution in [0.25, 0.3) is 11.3 Å². The van der Waals surface area contributed by atoms with Crippen LogP contribution in [-0.4, -0.2) is 18.1 Å². The van der Waals surface area contributed by atoms with E-state index in [0.717, 1.165) is 16.8 Å². The minimum Gasteiger partial charge on any atom is -0.497 e. The summed E-state index contributed by atoms with van der Waals surface area (Å²) in [5, 5.41) is 0. The van der Waals surface area contributed by atoms with Crippen LogP contribution in [0.1, 0.15) is 15.9 Å². The highest BCUT2D eigenvalue weighted by Crippen LogP contribution is 2.30. The first kappa shape index (κ1) is 15.7. The number of carbonyl (C=O) groups is 1. The normalized spacial score (nSPS) is 10.2. The first-order valence-electron chi connectivity index (χ1n) is 7.55. The van der Waals surface area contributed by atoms with E-state index in [4.69, 9.17) is 9.47 Å². The molecular weight excluding hydrogens is 302 g/mol. The highest BCUT2D eigenvalue weighted by atomic mass is 16.5. The topological polar surface area (TPSA) is 48.4 Å². The van der Waals surface area contributed by atoms with Crippen LogP contribution in [0.2, 0.25) is 0 Å². The molecule has 4 heteroatoms. The lowest BCUT2D eigenvalue weighted by Crippen LogP contribution is -2.09. The van der Waals surface area contributed by atoms with E-state index < -0.39 is 5.97 Å². The molecule has 0 N–H and O–H groups in total. The summed E-state index contributed by atoms with van der Waals surface area (Å²) in [6, 6.07) is 18.2. The Balaban J connectivity index is 1.91. The van der Waals surface area contributed by atoms with E-state index in [0.29, 0.717) is 17.1 Å². The molecule has 3 aromatic rings. The summed E-state index contributed by atoms with van der Waals surface area (Å²) in [7, 11) is 1.58. The van der Waals surface area contributed by atoms with Crippen molar-refractivity contribution in [1.82, 2.24) is 4.98 Å². The fourth-order valence-corrected chi connectivity index (χ4v) is 2.33. The van der Waals surface area contributed by atoms with Crippen LogP contribution in [0.5, 0.6) is 11.5 Å². The number of benzene rings is 2. The first-order valence-corrected chi connectivity index (χ1v) is 7.55. The predicted molar refractivity (Wildman–Crippen MR) is 92.4 cm³/mol. The van der Waals surface area contributed by atoms with Gasteiger partial charge in [-0.1, -0.05) is 12.1 Å². The van der Waals surface area contributed by atoms with Gasteiger partial charge in [-0.3, -0.25) is 4.98 Å². The summed E-state index contributed by atoms with van der Waals surface area (Å²) >= 11 is 0. The number of nitrogens with zero attached hydrogens (tertiary/aromatic N) is 1. The fourth-order valence-electron chi connectivity index (χ4n) is 2.33. The first-order chi connectivity index (χ1) is 11.7. The van der Waals surface area contributed by atoms with E-state index in [2.05, 4.69) is 4.98 Å². The summed E-state index contributed by atoms with van der Waals surface area (Å²) in [5.74, 6) is 0.770. The molecule has 2 aromatic carbocycles. The predicted octanol–water partition coefficient (Wildman–Crippen LogP) is 4.28. The SMILES string of the molecule is COc1ccc(C(=O)Oc2cc(C)ccc2-c2ccccn2)cc1. The van der Waals surface area contributed by atoms with Crippen LogP contribution in [0, 0.1) is 6.92 Å². The maximum Gasteiger partial charge on any atom is 0.343 e. The van der Waals surface area contributed by atoms with E-state index in [1.54, 1.807) is 37.6 Å². The number of ether oxygens (including phenoxy) is 2. The van der Waals surface area contributed by atoms with Crippen molar-refractivity contribution in [3.05, 3.63) is 78.0 Å². The Labute approximate surface area is 140 Å². The van der Waals surface area contributed by atoms with Gasteiger partial charge >= 0.3 is 5.97 Å². The molecule has 4 nitrogen and oxygen atoms in total. The summed E-state index contributed by atoms with van der Waals surface area (Å²) in [6.07, 6.45) is 1.71. The second kappa shape index (κ2) is 6.96. The molecule has 0 aliphatic heterocycles. The highest BCUT2D eigenvalue weighted by Gasteiger charge is 2.14. The number of aromatic nitrogens is 1. The number of carbonyl (C=O) groups excluding carboxylic acids is 1.